The number of carboxylic acids is 2. The van der Waals surface area contributed by atoms with Gasteiger partial charge in [-0.3, -0.25) is 0 Å². The molecule has 0 aliphatic rings. The number of para-hydroxylation sites is 2. The Balaban J connectivity index is 0.000000175. The van der Waals surface area contributed by atoms with Gasteiger partial charge in [-0.25, -0.2) is 19.6 Å². The maximum atomic E-state index is 11.1. The minimum Gasteiger partial charge on any atom is -0.478 e. The number of aliphatic carboxylic acids is 2. The van der Waals surface area contributed by atoms with Gasteiger partial charge < -0.3 is 19.7 Å². The van der Waals surface area contributed by atoms with Gasteiger partial charge in [0.15, 0.2) is 11.2 Å². The SMILES string of the molecule is CC(C)(Oc1ccc(-c2nc3ccccc3s2)cc1)C(=O)O.CC(C)(Oc1ccc(-c2nc3ccccc3s2)cc1)C(=O)O. The van der Waals surface area contributed by atoms with E-state index in [1.807, 2.05) is 72.8 Å². The zero-order valence-electron chi connectivity index (χ0n) is 24.5. The number of benzene rings is 4. The lowest BCUT2D eigenvalue weighted by Crippen LogP contribution is -2.37. The summed E-state index contributed by atoms with van der Waals surface area (Å²) in [7, 11) is 0. The summed E-state index contributed by atoms with van der Waals surface area (Å²) in [5.41, 5.74) is 1.43. The van der Waals surface area contributed by atoms with Crippen LogP contribution in [0.15, 0.2) is 97.1 Å². The van der Waals surface area contributed by atoms with Crippen molar-refractivity contribution in [2.45, 2.75) is 38.9 Å². The van der Waals surface area contributed by atoms with Crippen molar-refractivity contribution in [2.24, 2.45) is 0 Å². The summed E-state index contributed by atoms with van der Waals surface area (Å²) in [5, 5.41) is 20.0. The Morgan fingerprint density at radius 1 is 0.568 bits per heavy atom. The highest BCUT2D eigenvalue weighted by molar-refractivity contribution is 7.22. The van der Waals surface area contributed by atoms with Crippen LogP contribution in [-0.2, 0) is 9.59 Å². The van der Waals surface area contributed by atoms with E-state index < -0.39 is 23.1 Å². The molecule has 0 saturated heterocycles. The molecule has 224 valence electrons. The molecule has 0 aliphatic carbocycles. The Hall–Kier alpha value is -4.80. The molecule has 0 saturated carbocycles. The predicted octanol–water partition coefficient (Wildman–Crippen LogP) is 8.41. The van der Waals surface area contributed by atoms with Crippen LogP contribution in [0.3, 0.4) is 0 Å². The molecule has 8 nitrogen and oxygen atoms in total. The van der Waals surface area contributed by atoms with Crippen molar-refractivity contribution in [3.63, 3.8) is 0 Å². The fourth-order valence-corrected chi connectivity index (χ4v) is 5.94. The number of nitrogens with zero attached hydrogens (tertiary/aromatic N) is 2. The fourth-order valence-electron chi connectivity index (χ4n) is 4.00. The van der Waals surface area contributed by atoms with E-state index in [0.29, 0.717) is 11.5 Å². The summed E-state index contributed by atoms with van der Waals surface area (Å²) in [4.78, 5) is 31.4. The lowest BCUT2D eigenvalue weighted by Gasteiger charge is -2.21. The third kappa shape index (κ3) is 7.04. The maximum absolute atomic E-state index is 11.1. The molecule has 44 heavy (non-hydrogen) atoms. The van der Waals surface area contributed by atoms with Gasteiger partial charge >= 0.3 is 11.9 Å². The van der Waals surface area contributed by atoms with Crippen molar-refractivity contribution in [1.82, 2.24) is 9.97 Å². The average Bonchev–Trinajstić information content (AvgIpc) is 3.62. The molecule has 0 bridgehead atoms. The van der Waals surface area contributed by atoms with E-state index >= 15 is 0 Å². The number of carboxylic acid groups (broad SMARTS) is 2. The van der Waals surface area contributed by atoms with E-state index in [1.165, 1.54) is 27.7 Å². The van der Waals surface area contributed by atoms with Crippen LogP contribution in [-0.4, -0.2) is 43.3 Å². The first-order valence-electron chi connectivity index (χ1n) is 13.7. The van der Waals surface area contributed by atoms with E-state index in [4.69, 9.17) is 19.7 Å². The lowest BCUT2D eigenvalue weighted by molar-refractivity contribution is -0.152. The van der Waals surface area contributed by atoms with Gasteiger partial charge in [0.2, 0.25) is 0 Å². The number of hydrogen-bond donors (Lipinski definition) is 2. The molecular weight excluding hydrogens is 597 g/mol. The second-order valence-corrected chi connectivity index (χ2v) is 12.9. The smallest absolute Gasteiger partial charge is 0.347 e. The monoisotopic (exact) mass is 626 g/mol. The molecular formula is C34H30N2O6S2. The van der Waals surface area contributed by atoms with Crippen LogP contribution < -0.4 is 9.47 Å². The molecule has 0 atom stereocenters. The topological polar surface area (TPSA) is 119 Å². The zero-order chi connectivity index (χ0) is 31.5. The van der Waals surface area contributed by atoms with E-state index in [1.54, 1.807) is 46.9 Å². The van der Waals surface area contributed by atoms with Crippen LogP contribution in [0.5, 0.6) is 11.5 Å². The molecule has 4 aromatic carbocycles. The normalized spacial score (nSPS) is 11.5. The largest absolute Gasteiger partial charge is 0.478 e. The third-order valence-electron chi connectivity index (χ3n) is 6.57. The molecule has 2 N–H and O–H groups in total. The average molecular weight is 627 g/mol. The van der Waals surface area contributed by atoms with Gasteiger partial charge in [-0.2, -0.15) is 0 Å². The van der Waals surface area contributed by atoms with Crippen molar-refractivity contribution in [2.75, 3.05) is 0 Å². The highest BCUT2D eigenvalue weighted by atomic mass is 32.1. The van der Waals surface area contributed by atoms with Gasteiger partial charge in [-0.15, -0.1) is 22.7 Å². The van der Waals surface area contributed by atoms with Crippen LogP contribution in [0.4, 0.5) is 0 Å². The molecule has 6 aromatic rings. The molecule has 0 unspecified atom stereocenters. The van der Waals surface area contributed by atoms with E-state index in [9.17, 15) is 9.59 Å². The van der Waals surface area contributed by atoms with Crippen LogP contribution >= 0.6 is 22.7 Å². The van der Waals surface area contributed by atoms with E-state index in [0.717, 1.165) is 41.6 Å². The van der Waals surface area contributed by atoms with Gasteiger partial charge in [0.25, 0.3) is 0 Å². The number of carbonyl (C=O) groups is 2. The lowest BCUT2D eigenvalue weighted by atomic mass is 10.1. The Morgan fingerprint density at radius 2 is 0.909 bits per heavy atom. The van der Waals surface area contributed by atoms with Crippen LogP contribution in [0.1, 0.15) is 27.7 Å². The Kier molecular flexibility index (Phi) is 8.66. The molecule has 0 spiro atoms. The second-order valence-electron chi connectivity index (χ2n) is 10.9. The number of hydrogen-bond acceptors (Lipinski definition) is 8. The summed E-state index contributed by atoms with van der Waals surface area (Å²) in [5.74, 6) is -0.944. The molecule has 10 heteroatoms. The third-order valence-corrected chi connectivity index (χ3v) is 8.74. The van der Waals surface area contributed by atoms with Gasteiger partial charge in [-0.1, -0.05) is 24.3 Å². The molecule has 6 rings (SSSR count). The van der Waals surface area contributed by atoms with Crippen LogP contribution in [0, 0.1) is 0 Å². The number of aromatic nitrogens is 2. The number of thiazole rings is 2. The summed E-state index contributed by atoms with van der Waals surface area (Å²) in [6.07, 6.45) is 0. The van der Waals surface area contributed by atoms with Crippen molar-refractivity contribution in [1.29, 1.82) is 0 Å². The minimum absolute atomic E-state index is 0.525. The maximum Gasteiger partial charge on any atom is 0.347 e. The first kappa shape index (κ1) is 30.7. The second kappa shape index (κ2) is 12.4. The molecule has 0 radical (unpaired) electrons. The highest BCUT2D eigenvalue weighted by Crippen LogP contribution is 2.33. The first-order chi connectivity index (χ1) is 20.9. The minimum atomic E-state index is -1.25. The molecule has 2 heterocycles. The first-order valence-corrected chi connectivity index (χ1v) is 15.3. The number of ether oxygens (including phenoxy) is 2. The van der Waals surface area contributed by atoms with Crippen molar-refractivity contribution in [3.05, 3.63) is 97.1 Å². The van der Waals surface area contributed by atoms with Crippen molar-refractivity contribution < 1.29 is 29.3 Å². The Morgan fingerprint density at radius 3 is 1.23 bits per heavy atom. The number of fused-ring (bicyclic) bond motifs is 2. The summed E-state index contributed by atoms with van der Waals surface area (Å²) < 4.78 is 13.3. The van der Waals surface area contributed by atoms with Gasteiger partial charge in [0.1, 0.15) is 21.5 Å². The zero-order valence-corrected chi connectivity index (χ0v) is 26.1. The van der Waals surface area contributed by atoms with Crippen LogP contribution in [0.25, 0.3) is 41.6 Å². The fraction of sp³-hybridized carbons (Fsp3) is 0.176. The Labute approximate surface area is 262 Å². The van der Waals surface area contributed by atoms with Crippen LogP contribution in [0.2, 0.25) is 0 Å². The van der Waals surface area contributed by atoms with Gasteiger partial charge in [0.05, 0.1) is 20.4 Å². The standard InChI is InChI=1S/2C17H15NO3S/c2*1-17(2,16(19)20)21-12-9-7-11(8-10-12)15-18-13-5-3-4-6-14(13)22-15/h2*3-10H,1-2H3,(H,19,20). The summed E-state index contributed by atoms with van der Waals surface area (Å²) >= 11 is 3.26. The molecule has 0 amide bonds. The molecule has 2 aromatic heterocycles. The molecule has 0 aliphatic heterocycles. The molecule has 0 fully saturated rings. The quantitative estimate of drug-likeness (QED) is 0.173. The highest BCUT2D eigenvalue weighted by Gasteiger charge is 2.30. The number of rotatable bonds is 8. The predicted molar refractivity (Wildman–Crippen MR) is 175 cm³/mol. The van der Waals surface area contributed by atoms with Crippen molar-refractivity contribution in [3.8, 4) is 32.6 Å². The summed E-state index contributed by atoms with van der Waals surface area (Å²) in [6, 6.07) is 30.7. The van der Waals surface area contributed by atoms with Gasteiger partial charge in [0, 0.05) is 11.1 Å². The van der Waals surface area contributed by atoms with Gasteiger partial charge in [-0.05, 0) is 100 Å². The Bertz CT molecular complexity index is 1720. The van der Waals surface area contributed by atoms with E-state index in [-0.39, 0.29) is 0 Å². The summed E-state index contributed by atoms with van der Waals surface area (Å²) in [6.45, 7) is 6.10. The van der Waals surface area contributed by atoms with E-state index in [2.05, 4.69) is 9.97 Å². The van der Waals surface area contributed by atoms with Crippen molar-refractivity contribution >= 4 is 55.0 Å².